The molecule has 0 saturated carbocycles. The Morgan fingerprint density at radius 1 is 1.14 bits per heavy atom. The molecule has 2 aromatic rings. The van der Waals surface area contributed by atoms with Crippen molar-refractivity contribution in [2.75, 3.05) is 32.8 Å². The highest BCUT2D eigenvalue weighted by atomic mass is 32.2. The topological polar surface area (TPSA) is 129 Å². The molecule has 3 heterocycles. The number of aliphatic imine (C=N–C) groups is 1. The molecule has 3 aliphatic heterocycles. The van der Waals surface area contributed by atoms with E-state index in [2.05, 4.69) is 15.3 Å². The number of nitrogens with zero attached hydrogens (tertiary/aromatic N) is 3. The molecule has 224 valence electrons. The van der Waals surface area contributed by atoms with E-state index < -0.39 is 15.6 Å². The van der Waals surface area contributed by atoms with Crippen LogP contribution in [0.25, 0.3) is 6.08 Å². The third-order valence-corrected chi connectivity index (χ3v) is 10.1. The van der Waals surface area contributed by atoms with Gasteiger partial charge in [-0.1, -0.05) is 12.1 Å². The van der Waals surface area contributed by atoms with E-state index in [1.165, 1.54) is 21.8 Å². The molecule has 0 radical (unpaired) electrons. The van der Waals surface area contributed by atoms with Gasteiger partial charge in [-0.05, 0) is 92.5 Å². The van der Waals surface area contributed by atoms with Gasteiger partial charge in [0.2, 0.25) is 10.0 Å². The summed E-state index contributed by atoms with van der Waals surface area (Å²) in [5.41, 5.74) is 2.29. The van der Waals surface area contributed by atoms with Crippen LogP contribution in [0.3, 0.4) is 0 Å². The number of nitrogens with one attached hydrogen (secondary N) is 1. The van der Waals surface area contributed by atoms with Crippen LogP contribution < -0.4 is 10.3 Å². The third kappa shape index (κ3) is 5.97. The van der Waals surface area contributed by atoms with Gasteiger partial charge in [0.1, 0.15) is 11.4 Å². The SMILES string of the molecule is Cc1cc(C(=O)N2CCC(CO)CC2)cc(C)c1/C=C/S(=O)(=O)N1CCC2(CC1)N=C(c1cccc(OF)c1)NC2=O. The number of amidine groups is 1. The minimum atomic E-state index is -3.79. The summed E-state index contributed by atoms with van der Waals surface area (Å²) in [6.45, 7) is 5.28. The predicted molar refractivity (Wildman–Crippen MR) is 156 cm³/mol. The number of halogens is 1. The first-order valence-corrected chi connectivity index (χ1v) is 15.6. The Morgan fingerprint density at radius 3 is 2.43 bits per heavy atom. The van der Waals surface area contributed by atoms with Crippen LogP contribution in [0, 0.1) is 19.8 Å². The number of hydrogen-bond donors (Lipinski definition) is 2. The number of aliphatic hydroxyl groups excluding tert-OH is 1. The average Bonchev–Trinajstić information content (AvgIpc) is 3.31. The van der Waals surface area contributed by atoms with Crippen LogP contribution in [0.1, 0.15) is 58.3 Å². The van der Waals surface area contributed by atoms with Crippen molar-refractivity contribution >= 4 is 33.7 Å². The number of piperidine rings is 2. The molecule has 0 atom stereocenters. The predicted octanol–water partition coefficient (Wildman–Crippen LogP) is 3.12. The Hall–Kier alpha value is -3.61. The van der Waals surface area contributed by atoms with Gasteiger partial charge in [-0.25, -0.2) is 8.42 Å². The van der Waals surface area contributed by atoms with Gasteiger partial charge in [0.15, 0.2) is 5.75 Å². The molecule has 5 rings (SSSR count). The number of benzene rings is 2. The highest BCUT2D eigenvalue weighted by Gasteiger charge is 2.47. The molecule has 0 bridgehead atoms. The maximum atomic E-state index is 13.2. The number of carbonyl (C=O) groups excluding carboxylic acids is 2. The molecule has 10 nitrogen and oxygen atoms in total. The van der Waals surface area contributed by atoms with Crippen molar-refractivity contribution in [3.05, 3.63) is 69.6 Å². The van der Waals surface area contributed by atoms with E-state index in [9.17, 15) is 27.6 Å². The zero-order chi connectivity index (χ0) is 30.1. The molecule has 1 spiro atoms. The van der Waals surface area contributed by atoms with Crippen LogP contribution in [0.15, 0.2) is 46.8 Å². The highest BCUT2D eigenvalue weighted by molar-refractivity contribution is 7.92. The van der Waals surface area contributed by atoms with Crippen LogP contribution >= 0.6 is 0 Å². The summed E-state index contributed by atoms with van der Waals surface area (Å²) in [4.78, 5) is 36.1. The molecular formula is C30H35FN4O6S. The summed E-state index contributed by atoms with van der Waals surface area (Å²) in [5.74, 6) is 0.157. The van der Waals surface area contributed by atoms with Gasteiger partial charge in [-0.3, -0.25) is 19.5 Å². The van der Waals surface area contributed by atoms with E-state index in [4.69, 9.17) is 0 Å². The van der Waals surface area contributed by atoms with Gasteiger partial charge in [-0.2, -0.15) is 4.31 Å². The molecule has 2 amide bonds. The Kier molecular flexibility index (Phi) is 8.49. The zero-order valence-corrected chi connectivity index (χ0v) is 24.5. The minimum absolute atomic E-state index is 0.0104. The summed E-state index contributed by atoms with van der Waals surface area (Å²) < 4.78 is 40.4. The molecule has 2 saturated heterocycles. The number of rotatable bonds is 7. The smallest absolute Gasteiger partial charge is 0.253 e. The van der Waals surface area contributed by atoms with E-state index >= 15 is 0 Å². The molecule has 12 heteroatoms. The minimum Gasteiger partial charge on any atom is -0.396 e. The lowest BCUT2D eigenvalue weighted by atomic mass is 9.89. The van der Waals surface area contributed by atoms with Crippen molar-refractivity contribution in [1.29, 1.82) is 0 Å². The maximum absolute atomic E-state index is 13.2. The van der Waals surface area contributed by atoms with Crippen molar-refractivity contribution in [2.45, 2.75) is 45.1 Å². The van der Waals surface area contributed by atoms with Gasteiger partial charge < -0.3 is 15.3 Å². The normalized spacial score (nSPS) is 19.8. The molecule has 42 heavy (non-hydrogen) atoms. The Morgan fingerprint density at radius 2 is 1.81 bits per heavy atom. The number of aliphatic hydroxyl groups is 1. The molecular weight excluding hydrogens is 563 g/mol. The van der Waals surface area contributed by atoms with Crippen molar-refractivity contribution in [3.8, 4) is 5.75 Å². The first-order valence-electron chi connectivity index (χ1n) is 14.1. The average molecular weight is 599 g/mol. The van der Waals surface area contributed by atoms with Crippen molar-refractivity contribution in [2.24, 2.45) is 10.9 Å². The second-order valence-corrected chi connectivity index (χ2v) is 13.1. The van der Waals surface area contributed by atoms with Crippen LogP contribution in [0.4, 0.5) is 4.53 Å². The van der Waals surface area contributed by atoms with Crippen LogP contribution in [0.5, 0.6) is 5.75 Å². The summed E-state index contributed by atoms with van der Waals surface area (Å²) in [6, 6.07) is 9.70. The highest BCUT2D eigenvalue weighted by Crippen LogP contribution is 2.33. The number of likely N-dealkylation sites (tertiary alicyclic amines) is 1. The van der Waals surface area contributed by atoms with Gasteiger partial charge >= 0.3 is 0 Å². The Balaban J connectivity index is 1.25. The molecule has 2 fully saturated rings. The molecule has 3 aliphatic rings. The number of amides is 2. The number of carbonyl (C=O) groups is 2. The number of hydrogen-bond acceptors (Lipinski definition) is 7. The van der Waals surface area contributed by atoms with Crippen molar-refractivity contribution in [3.63, 3.8) is 0 Å². The lowest BCUT2D eigenvalue weighted by Gasteiger charge is -2.34. The second kappa shape index (κ2) is 11.9. The molecule has 0 aliphatic carbocycles. The van der Waals surface area contributed by atoms with Gasteiger partial charge in [-0.15, -0.1) is 0 Å². The largest absolute Gasteiger partial charge is 0.396 e. The fraction of sp³-hybridized carbons (Fsp3) is 0.433. The summed E-state index contributed by atoms with van der Waals surface area (Å²) in [5, 5.41) is 13.3. The lowest BCUT2D eigenvalue weighted by molar-refractivity contribution is -0.124. The molecule has 0 aromatic heterocycles. The van der Waals surface area contributed by atoms with E-state index in [1.807, 2.05) is 13.8 Å². The van der Waals surface area contributed by atoms with E-state index in [0.717, 1.165) is 29.5 Å². The third-order valence-electron chi connectivity index (χ3n) is 8.49. The summed E-state index contributed by atoms with van der Waals surface area (Å²) >= 11 is 0. The van der Waals surface area contributed by atoms with Crippen LogP contribution in [-0.4, -0.2) is 78.7 Å². The quantitative estimate of drug-likeness (QED) is 0.504. The fourth-order valence-corrected chi connectivity index (χ4v) is 7.07. The molecule has 2 N–H and O–H groups in total. The Bertz CT molecular complexity index is 1520. The van der Waals surface area contributed by atoms with Crippen LogP contribution in [0.2, 0.25) is 0 Å². The fourth-order valence-electron chi connectivity index (χ4n) is 5.90. The Labute approximate surface area is 244 Å². The van der Waals surface area contributed by atoms with Crippen LogP contribution in [-0.2, 0) is 14.8 Å². The number of aryl methyl sites for hydroxylation is 2. The standard InChI is InChI=1S/C30H35FN4O6S/c1-20-16-24(28(37)34-11-6-22(19-36)7-12-34)17-21(2)26(20)8-15-42(39,40)35-13-9-30(10-14-35)29(38)32-27(33-30)23-4-3-5-25(18-23)41-31/h3-5,8,15-18,22,36H,6-7,9-14,19H2,1-2H3,(H,32,33,38)/b15-8+. The zero-order valence-electron chi connectivity index (χ0n) is 23.7. The maximum Gasteiger partial charge on any atom is 0.253 e. The molecule has 0 unspecified atom stereocenters. The van der Waals surface area contributed by atoms with Gasteiger partial charge in [0, 0.05) is 53.8 Å². The first-order chi connectivity index (χ1) is 20.0. The van der Waals surface area contributed by atoms with E-state index in [-0.39, 0.29) is 56.0 Å². The van der Waals surface area contributed by atoms with Gasteiger partial charge in [0.05, 0.1) is 0 Å². The second-order valence-electron chi connectivity index (χ2n) is 11.2. The van der Waals surface area contributed by atoms with Crippen molar-refractivity contribution in [1.82, 2.24) is 14.5 Å². The van der Waals surface area contributed by atoms with Crippen molar-refractivity contribution < 1.29 is 32.6 Å². The first kappa shape index (κ1) is 29.9. The van der Waals surface area contributed by atoms with Gasteiger partial charge in [0.25, 0.3) is 11.8 Å². The number of sulfonamides is 1. The lowest BCUT2D eigenvalue weighted by Crippen LogP contribution is -2.50. The van der Waals surface area contributed by atoms with E-state index in [0.29, 0.717) is 30.1 Å². The summed E-state index contributed by atoms with van der Waals surface area (Å²) in [7, 11) is -3.79. The molecule has 2 aromatic carbocycles. The summed E-state index contributed by atoms with van der Waals surface area (Å²) in [6.07, 6.45) is 3.53. The van der Waals surface area contributed by atoms with E-state index in [1.54, 1.807) is 35.2 Å². The monoisotopic (exact) mass is 598 g/mol.